The molecule has 1 N–H and O–H groups in total. The number of hydrogen-bond donors (Lipinski definition) is 1. The number of aliphatic hydroxyl groups excluding tert-OH is 1. The van der Waals surface area contributed by atoms with Gasteiger partial charge in [-0.15, -0.1) is 0 Å². The Morgan fingerprint density at radius 3 is 2.42 bits per heavy atom. The molecule has 2 fully saturated rings. The second kappa shape index (κ2) is 9.13. The monoisotopic (exact) mass is 536 g/mol. The molecule has 1 saturated carbocycles. The van der Waals surface area contributed by atoms with E-state index in [1.165, 1.54) is 0 Å². The number of aliphatic hydroxyl groups is 1. The molecule has 204 valence electrons. The lowest BCUT2D eigenvalue weighted by molar-refractivity contribution is -0.261. The lowest BCUT2D eigenvalue weighted by atomic mass is 9.61. The first-order chi connectivity index (χ1) is 17.9. The van der Waals surface area contributed by atoms with Gasteiger partial charge in [0.25, 0.3) is 0 Å². The Morgan fingerprint density at radius 2 is 1.82 bits per heavy atom. The maximum Gasteiger partial charge on any atom is 0.204 e. The van der Waals surface area contributed by atoms with Crippen molar-refractivity contribution in [1.29, 1.82) is 0 Å². The van der Waals surface area contributed by atoms with Crippen LogP contribution in [0.4, 0.5) is 0 Å². The van der Waals surface area contributed by atoms with Crippen LogP contribution in [0.1, 0.15) is 61.5 Å². The summed E-state index contributed by atoms with van der Waals surface area (Å²) < 4.78 is 26.6. The molecular weight excluding hydrogens is 496 g/mol. The Hall–Kier alpha value is -2.29. The Morgan fingerprint density at radius 1 is 1.11 bits per heavy atom. The zero-order chi connectivity index (χ0) is 27.6. The highest BCUT2D eigenvalue weighted by atomic mass is 28.4. The molecule has 0 amide bonds. The molecule has 5 rings (SSSR count). The average Bonchev–Trinajstić information content (AvgIpc) is 3.00. The van der Waals surface area contributed by atoms with Crippen molar-refractivity contribution in [2.45, 2.75) is 87.7 Å². The molecule has 1 heterocycles. The van der Waals surface area contributed by atoms with E-state index in [0.717, 1.165) is 18.4 Å². The van der Waals surface area contributed by atoms with Crippen LogP contribution in [0.2, 0.25) is 18.1 Å². The van der Waals surface area contributed by atoms with Crippen LogP contribution in [0, 0.1) is 0 Å². The van der Waals surface area contributed by atoms with Crippen LogP contribution in [0.3, 0.4) is 0 Å². The lowest BCUT2D eigenvalue weighted by Gasteiger charge is -2.59. The van der Waals surface area contributed by atoms with Crippen LogP contribution >= 0.6 is 0 Å². The smallest absolute Gasteiger partial charge is 0.204 e. The van der Waals surface area contributed by atoms with Gasteiger partial charge in [0.15, 0.2) is 13.9 Å². The molecule has 2 aromatic rings. The SMILES string of the molecule is C=C1[C@@H](O)C2(OCc3ccccc3)C(=O)c3c(OC)cccc3C1(O[Si](C)(C)C(C)(C)C)C21CCCCO1. The Balaban J connectivity index is 1.84. The van der Waals surface area contributed by atoms with Gasteiger partial charge in [-0.1, -0.05) is 69.8 Å². The summed E-state index contributed by atoms with van der Waals surface area (Å²) in [4.78, 5) is 14.8. The maximum absolute atomic E-state index is 14.8. The van der Waals surface area contributed by atoms with E-state index in [-0.39, 0.29) is 17.4 Å². The highest BCUT2D eigenvalue weighted by molar-refractivity contribution is 6.74. The number of hydrogen-bond acceptors (Lipinski definition) is 6. The quantitative estimate of drug-likeness (QED) is 0.364. The molecule has 1 spiro atoms. The average molecular weight is 537 g/mol. The van der Waals surface area contributed by atoms with Gasteiger partial charge in [-0.2, -0.15) is 0 Å². The zero-order valence-corrected chi connectivity index (χ0v) is 24.4. The van der Waals surface area contributed by atoms with Crippen molar-refractivity contribution in [1.82, 2.24) is 0 Å². The number of Topliss-reactive ketones (excluding diaryl/α,β-unsaturated/α-hetero) is 1. The van der Waals surface area contributed by atoms with E-state index < -0.39 is 31.2 Å². The van der Waals surface area contributed by atoms with Crippen molar-refractivity contribution >= 4 is 14.1 Å². The Kier molecular flexibility index (Phi) is 6.56. The second-order valence-electron chi connectivity index (χ2n) is 12.3. The van der Waals surface area contributed by atoms with Gasteiger partial charge >= 0.3 is 0 Å². The summed E-state index contributed by atoms with van der Waals surface area (Å²) in [7, 11) is -0.986. The van der Waals surface area contributed by atoms with Gasteiger partial charge in [0.05, 0.1) is 19.3 Å². The number of ketones is 1. The van der Waals surface area contributed by atoms with E-state index in [1.54, 1.807) is 13.2 Å². The van der Waals surface area contributed by atoms with Crippen LogP contribution < -0.4 is 4.74 Å². The van der Waals surface area contributed by atoms with Gasteiger partial charge in [0, 0.05) is 12.2 Å². The molecule has 2 aromatic carbocycles. The number of methoxy groups -OCH3 is 1. The van der Waals surface area contributed by atoms with Crippen LogP contribution in [-0.4, -0.2) is 50.2 Å². The van der Waals surface area contributed by atoms with E-state index in [1.807, 2.05) is 42.5 Å². The van der Waals surface area contributed by atoms with E-state index in [2.05, 4.69) is 40.4 Å². The third kappa shape index (κ3) is 3.42. The zero-order valence-electron chi connectivity index (χ0n) is 23.4. The summed E-state index contributed by atoms with van der Waals surface area (Å²) in [6, 6.07) is 15.2. The minimum absolute atomic E-state index is 0.128. The molecule has 1 saturated heterocycles. The molecule has 4 atom stereocenters. The predicted octanol–water partition coefficient (Wildman–Crippen LogP) is 5.93. The molecule has 0 radical (unpaired) electrons. The number of fused-ring (bicyclic) bond motifs is 2. The fourth-order valence-corrected chi connectivity index (χ4v) is 7.91. The van der Waals surface area contributed by atoms with Crippen LogP contribution in [0.15, 0.2) is 60.7 Å². The summed E-state index contributed by atoms with van der Waals surface area (Å²) in [5.41, 5.74) is -1.98. The molecular formula is C31H40O6Si. The largest absolute Gasteiger partial charge is 0.496 e. The van der Waals surface area contributed by atoms with Crippen LogP contribution in [-0.2, 0) is 26.1 Å². The third-order valence-corrected chi connectivity index (χ3v) is 13.8. The molecule has 3 aliphatic rings. The highest BCUT2D eigenvalue weighted by Gasteiger charge is 2.83. The first-order valence-corrected chi connectivity index (χ1v) is 16.4. The number of ether oxygens (including phenoxy) is 3. The number of benzene rings is 2. The topological polar surface area (TPSA) is 74.2 Å². The van der Waals surface area contributed by atoms with Gasteiger partial charge in [0.2, 0.25) is 5.78 Å². The summed E-state index contributed by atoms with van der Waals surface area (Å²) in [6.07, 6.45) is 0.827. The third-order valence-electron chi connectivity index (χ3n) is 9.32. The molecule has 38 heavy (non-hydrogen) atoms. The summed E-state index contributed by atoms with van der Waals surface area (Å²) >= 11 is 0. The van der Waals surface area contributed by atoms with Crippen molar-refractivity contribution in [3.63, 3.8) is 0 Å². The number of carbonyl (C=O) groups is 1. The van der Waals surface area contributed by atoms with E-state index in [4.69, 9.17) is 18.6 Å². The minimum atomic E-state index is -2.54. The molecule has 0 aromatic heterocycles. The molecule has 2 aliphatic carbocycles. The van der Waals surface area contributed by atoms with E-state index in [0.29, 0.717) is 35.5 Å². The first kappa shape index (κ1) is 27.3. The van der Waals surface area contributed by atoms with Crippen molar-refractivity contribution in [3.8, 4) is 5.75 Å². The highest BCUT2D eigenvalue weighted by Crippen LogP contribution is 2.69. The first-order valence-electron chi connectivity index (χ1n) is 13.5. The number of rotatable bonds is 6. The van der Waals surface area contributed by atoms with Gasteiger partial charge in [-0.3, -0.25) is 4.79 Å². The Bertz CT molecular complexity index is 1240. The van der Waals surface area contributed by atoms with Gasteiger partial charge in [0.1, 0.15) is 23.1 Å². The second-order valence-corrected chi connectivity index (χ2v) is 17.1. The molecule has 7 heteroatoms. The van der Waals surface area contributed by atoms with Gasteiger partial charge in [-0.25, -0.2) is 0 Å². The van der Waals surface area contributed by atoms with Gasteiger partial charge in [-0.05, 0) is 54.6 Å². The fraction of sp³-hybridized carbons (Fsp3) is 0.516. The van der Waals surface area contributed by atoms with Crippen LogP contribution in [0.5, 0.6) is 5.75 Å². The minimum Gasteiger partial charge on any atom is -0.496 e. The molecule has 2 bridgehead atoms. The van der Waals surface area contributed by atoms with E-state index in [9.17, 15) is 9.90 Å². The van der Waals surface area contributed by atoms with Crippen molar-refractivity contribution in [3.05, 3.63) is 77.4 Å². The normalized spacial score (nSPS) is 31.0. The summed E-state index contributed by atoms with van der Waals surface area (Å²) in [5.74, 6) is 0.0827. The standard InChI is InChI=1S/C31H40O6Si/c1-21-26(32)31(36-20-22-14-9-8-10-15-22)27(33)25-23(16-13-17-24(25)34-5)30(21,29(31)18-11-12-19-35-29)37-38(6,7)28(2,3)4/h8-10,13-17,26,32H,1,11-12,18-20H2,2-7H3/t26-,29?,30?,31?/m1/s1. The lowest BCUT2D eigenvalue weighted by Crippen LogP contribution is -2.73. The predicted molar refractivity (Wildman–Crippen MR) is 149 cm³/mol. The van der Waals surface area contributed by atoms with Crippen molar-refractivity contribution < 1.29 is 28.5 Å². The molecule has 1 aliphatic heterocycles. The summed E-state index contributed by atoms with van der Waals surface area (Å²) in [5, 5.41) is 12.0. The van der Waals surface area contributed by atoms with Crippen LogP contribution in [0.25, 0.3) is 0 Å². The molecule has 6 nitrogen and oxygen atoms in total. The fourth-order valence-electron chi connectivity index (χ4n) is 6.43. The number of carbonyl (C=O) groups excluding carboxylic acids is 1. The van der Waals surface area contributed by atoms with Crippen molar-refractivity contribution in [2.75, 3.05) is 13.7 Å². The van der Waals surface area contributed by atoms with Gasteiger partial charge < -0.3 is 23.7 Å². The maximum atomic E-state index is 14.8. The van der Waals surface area contributed by atoms with Crippen molar-refractivity contribution in [2.24, 2.45) is 0 Å². The summed E-state index contributed by atoms with van der Waals surface area (Å²) in [6.45, 7) is 15.9. The van der Waals surface area contributed by atoms with E-state index >= 15 is 0 Å². The molecule has 3 unspecified atom stereocenters. The Labute approximate surface area is 227 Å².